The van der Waals surface area contributed by atoms with Crippen LogP contribution in [-0.2, 0) is 0 Å². The SMILES string of the molecule is Cc1c[nH]c(=S)[nH]c1=O.Cc1cn(Br)c(=O)[nH]c1=O. The number of rotatable bonds is 0. The van der Waals surface area contributed by atoms with Crippen LogP contribution in [0.5, 0.6) is 0 Å². The van der Waals surface area contributed by atoms with E-state index in [4.69, 9.17) is 0 Å². The van der Waals surface area contributed by atoms with Gasteiger partial charge in [-0.05, 0) is 26.1 Å². The summed E-state index contributed by atoms with van der Waals surface area (Å²) in [6.07, 6.45) is 3.00. The number of hydrogen-bond donors (Lipinski definition) is 3. The van der Waals surface area contributed by atoms with Gasteiger partial charge in [-0.2, -0.15) is 0 Å². The average molecular weight is 347 g/mol. The minimum Gasteiger partial charge on any atom is -0.338 e. The number of aromatic amines is 3. The molecule has 0 fully saturated rings. The smallest absolute Gasteiger partial charge is 0.338 e. The fraction of sp³-hybridized carbons (Fsp3) is 0.200. The standard InChI is InChI=1S/C5H5BrN2O2.C5H6N2OS/c1-3-2-8(6)5(10)7-4(3)9;1-3-2-6-5(9)7-4(3)8/h2H,1H3,(H,7,9,10);2H,1H3,(H2,6,7,8,9). The molecular weight excluding hydrogens is 336 g/mol. The summed E-state index contributed by atoms with van der Waals surface area (Å²) >= 11 is 7.56. The zero-order valence-electron chi connectivity index (χ0n) is 10.1. The van der Waals surface area contributed by atoms with Gasteiger partial charge >= 0.3 is 5.69 Å². The van der Waals surface area contributed by atoms with Crippen molar-refractivity contribution < 1.29 is 0 Å². The van der Waals surface area contributed by atoms with E-state index in [0.29, 0.717) is 15.9 Å². The molecule has 0 unspecified atom stereocenters. The molecule has 0 bridgehead atoms. The maximum absolute atomic E-state index is 10.7. The van der Waals surface area contributed by atoms with Crippen molar-refractivity contribution in [1.29, 1.82) is 0 Å². The van der Waals surface area contributed by atoms with Crippen LogP contribution >= 0.6 is 28.4 Å². The summed E-state index contributed by atoms with van der Waals surface area (Å²) in [6, 6.07) is 0. The lowest BCUT2D eigenvalue weighted by Gasteiger charge is -1.92. The minimum atomic E-state index is -0.462. The Balaban J connectivity index is 0.000000191. The monoisotopic (exact) mass is 346 g/mol. The third-order valence-electron chi connectivity index (χ3n) is 2.08. The van der Waals surface area contributed by atoms with E-state index in [2.05, 4.69) is 43.3 Å². The zero-order chi connectivity index (χ0) is 14.6. The summed E-state index contributed by atoms with van der Waals surface area (Å²) < 4.78 is 1.51. The number of halogens is 1. The summed E-state index contributed by atoms with van der Waals surface area (Å²) in [5.74, 6) is 0. The van der Waals surface area contributed by atoms with Gasteiger partial charge in [0, 0.05) is 23.5 Å². The Kier molecular flexibility index (Phi) is 5.19. The molecule has 0 aliphatic heterocycles. The summed E-state index contributed by atoms with van der Waals surface area (Å²) in [4.78, 5) is 39.3. The van der Waals surface area contributed by atoms with E-state index in [0.717, 1.165) is 3.59 Å². The highest BCUT2D eigenvalue weighted by atomic mass is 79.9. The molecule has 9 heteroatoms. The lowest BCUT2D eigenvalue weighted by Crippen LogP contribution is -2.26. The summed E-state index contributed by atoms with van der Waals surface area (Å²) in [5, 5.41) is 0. The van der Waals surface area contributed by atoms with Crippen LogP contribution < -0.4 is 16.8 Å². The lowest BCUT2D eigenvalue weighted by molar-refractivity contribution is 0.976. The molecule has 0 atom stereocenters. The Morgan fingerprint density at radius 2 is 1.68 bits per heavy atom. The van der Waals surface area contributed by atoms with Gasteiger partial charge in [0.2, 0.25) is 0 Å². The van der Waals surface area contributed by atoms with E-state index in [9.17, 15) is 14.4 Å². The molecule has 2 rings (SSSR count). The Bertz CT molecular complexity index is 770. The summed E-state index contributed by atoms with van der Waals surface area (Å²) in [5.41, 5.74) is 0.204. The van der Waals surface area contributed by atoms with Crippen molar-refractivity contribution in [3.63, 3.8) is 0 Å². The fourth-order valence-corrected chi connectivity index (χ4v) is 1.56. The van der Waals surface area contributed by atoms with E-state index in [1.807, 2.05) is 0 Å². The highest BCUT2D eigenvalue weighted by molar-refractivity contribution is 9.08. The first-order chi connectivity index (χ1) is 8.81. The molecule has 0 aromatic carbocycles. The van der Waals surface area contributed by atoms with Crippen molar-refractivity contribution in [2.75, 3.05) is 0 Å². The first-order valence-corrected chi connectivity index (χ1v) is 6.20. The third-order valence-corrected chi connectivity index (χ3v) is 2.83. The molecule has 102 valence electrons. The van der Waals surface area contributed by atoms with Gasteiger partial charge in [0.05, 0.1) is 16.1 Å². The molecule has 7 nitrogen and oxygen atoms in total. The van der Waals surface area contributed by atoms with Gasteiger partial charge in [-0.25, -0.2) is 8.39 Å². The number of H-pyrrole nitrogens is 3. The van der Waals surface area contributed by atoms with Crippen molar-refractivity contribution in [1.82, 2.24) is 18.5 Å². The summed E-state index contributed by atoms with van der Waals surface area (Å²) in [6.45, 7) is 3.33. The topological polar surface area (TPSA) is 104 Å². The van der Waals surface area contributed by atoms with Crippen molar-refractivity contribution in [3.05, 3.63) is 59.5 Å². The van der Waals surface area contributed by atoms with Gasteiger partial charge in [0.15, 0.2) is 4.77 Å². The largest absolute Gasteiger partial charge is 0.338 e. The van der Waals surface area contributed by atoms with Crippen LogP contribution in [0.15, 0.2) is 26.8 Å². The predicted molar refractivity (Wildman–Crippen MR) is 77.4 cm³/mol. The minimum absolute atomic E-state index is 0.126. The zero-order valence-corrected chi connectivity index (χ0v) is 12.5. The Hall–Kier alpha value is -1.74. The highest BCUT2D eigenvalue weighted by Gasteiger charge is 1.95. The quantitative estimate of drug-likeness (QED) is 0.612. The molecule has 0 saturated carbocycles. The number of nitrogens with one attached hydrogen (secondary N) is 3. The first-order valence-electron chi connectivity index (χ1n) is 5.08. The number of aromatic nitrogens is 4. The number of nitrogens with zero attached hydrogens (tertiary/aromatic N) is 1. The van der Waals surface area contributed by atoms with Crippen LogP contribution in [0.1, 0.15) is 11.1 Å². The van der Waals surface area contributed by atoms with Gasteiger partial charge < -0.3 is 4.98 Å². The van der Waals surface area contributed by atoms with Crippen molar-refractivity contribution in [3.8, 4) is 0 Å². The normalized spacial score (nSPS) is 9.63. The molecule has 3 N–H and O–H groups in total. The molecule has 0 aliphatic rings. The Morgan fingerprint density at radius 1 is 1.11 bits per heavy atom. The predicted octanol–water partition coefficient (Wildman–Crippen LogP) is 0.744. The molecule has 19 heavy (non-hydrogen) atoms. The van der Waals surface area contributed by atoms with E-state index < -0.39 is 5.69 Å². The van der Waals surface area contributed by atoms with Gasteiger partial charge in [-0.3, -0.25) is 19.6 Å². The second-order valence-corrected chi connectivity index (χ2v) is 4.81. The Morgan fingerprint density at radius 3 is 2.16 bits per heavy atom. The molecule has 2 aromatic rings. The molecule has 0 spiro atoms. The molecule has 0 radical (unpaired) electrons. The van der Waals surface area contributed by atoms with Crippen LogP contribution in [-0.4, -0.2) is 18.5 Å². The maximum atomic E-state index is 10.7. The number of aryl methyl sites for hydroxylation is 2. The first kappa shape index (κ1) is 15.3. The van der Waals surface area contributed by atoms with Crippen molar-refractivity contribution in [2.45, 2.75) is 13.8 Å². The molecule has 2 heterocycles. The molecule has 2 aromatic heterocycles. The Labute approximate surface area is 120 Å². The molecule has 0 amide bonds. The van der Waals surface area contributed by atoms with Crippen LogP contribution in [0, 0.1) is 18.6 Å². The average Bonchev–Trinajstić information content (AvgIpc) is 2.33. The van der Waals surface area contributed by atoms with Crippen LogP contribution in [0.25, 0.3) is 0 Å². The second kappa shape index (κ2) is 6.43. The van der Waals surface area contributed by atoms with Gasteiger partial charge in [0.25, 0.3) is 11.1 Å². The van der Waals surface area contributed by atoms with Crippen LogP contribution in [0.2, 0.25) is 0 Å². The van der Waals surface area contributed by atoms with Crippen LogP contribution in [0.4, 0.5) is 0 Å². The lowest BCUT2D eigenvalue weighted by atomic mass is 10.4. The van der Waals surface area contributed by atoms with Crippen molar-refractivity contribution in [2.24, 2.45) is 0 Å². The van der Waals surface area contributed by atoms with E-state index in [1.54, 1.807) is 20.0 Å². The molecular formula is C10H11BrN4O3S. The molecule has 0 aliphatic carbocycles. The van der Waals surface area contributed by atoms with E-state index in [-0.39, 0.29) is 11.1 Å². The third kappa shape index (κ3) is 4.45. The maximum Gasteiger partial charge on any atom is 0.338 e. The number of hydrogen-bond acceptors (Lipinski definition) is 4. The fourth-order valence-electron chi connectivity index (χ4n) is 1.01. The van der Waals surface area contributed by atoms with Gasteiger partial charge in [-0.15, -0.1) is 0 Å². The highest BCUT2D eigenvalue weighted by Crippen LogP contribution is 1.86. The molecule has 0 saturated heterocycles. The van der Waals surface area contributed by atoms with Gasteiger partial charge in [0.1, 0.15) is 0 Å². The van der Waals surface area contributed by atoms with E-state index >= 15 is 0 Å². The second-order valence-electron chi connectivity index (χ2n) is 3.64. The van der Waals surface area contributed by atoms with E-state index in [1.165, 1.54) is 6.20 Å². The van der Waals surface area contributed by atoms with Gasteiger partial charge in [-0.1, -0.05) is 0 Å². The van der Waals surface area contributed by atoms with Crippen molar-refractivity contribution >= 4 is 28.4 Å². The van der Waals surface area contributed by atoms with Crippen LogP contribution in [0.3, 0.4) is 0 Å². The summed E-state index contributed by atoms with van der Waals surface area (Å²) in [7, 11) is 0.